The molecule has 0 radical (unpaired) electrons. The van der Waals surface area contributed by atoms with Crippen LogP contribution in [0.2, 0.25) is 0 Å². The number of unbranched alkanes of at least 4 members (excludes halogenated alkanes) is 8. The molecule has 0 saturated carbocycles. The van der Waals surface area contributed by atoms with Crippen molar-refractivity contribution in [3.05, 3.63) is 23.3 Å². The van der Waals surface area contributed by atoms with E-state index in [4.69, 9.17) is 10.2 Å². The average Bonchev–Trinajstić information content (AvgIpc) is 2.68. The maximum Gasteiger partial charge on any atom is 0.328 e. The van der Waals surface area contributed by atoms with Crippen LogP contribution in [0.4, 0.5) is 0 Å². The van der Waals surface area contributed by atoms with Crippen LogP contribution in [0.3, 0.4) is 0 Å². The average molecular weight is 490 g/mol. The Labute approximate surface area is 204 Å². The molecular formula is C26H48O4Zn. The molecule has 0 atom stereocenters. The number of hydrogen-bond donors (Lipinski definition) is 2. The Hall–Kier alpha value is -0.957. The Morgan fingerprint density at radius 3 is 0.903 bits per heavy atom. The molecule has 0 aromatic carbocycles. The Balaban J connectivity index is -0.000000490. The number of aliphatic carboxylic acids is 2. The smallest absolute Gasteiger partial charge is 0.328 e. The number of allylic oxidation sites excluding steroid dienone is 2. The minimum absolute atomic E-state index is 0. The number of carbonyl (C=O) groups is 2. The molecule has 0 unspecified atom stereocenters. The summed E-state index contributed by atoms with van der Waals surface area (Å²) in [5.41, 5.74) is 2.23. The van der Waals surface area contributed by atoms with Crippen molar-refractivity contribution in [2.24, 2.45) is 0 Å². The van der Waals surface area contributed by atoms with Gasteiger partial charge in [0.2, 0.25) is 0 Å². The molecule has 0 amide bonds. The summed E-state index contributed by atoms with van der Waals surface area (Å²) < 4.78 is 0. The van der Waals surface area contributed by atoms with Crippen LogP contribution in [-0.4, -0.2) is 22.2 Å². The van der Waals surface area contributed by atoms with Crippen LogP contribution < -0.4 is 0 Å². The molecule has 0 bridgehead atoms. The van der Waals surface area contributed by atoms with Crippen molar-refractivity contribution >= 4 is 11.9 Å². The fraction of sp³-hybridized carbons (Fsp3) is 0.769. The third-order valence-corrected chi connectivity index (χ3v) is 5.06. The first kappa shape index (κ1) is 34.7. The third-order valence-electron chi connectivity index (χ3n) is 5.06. The summed E-state index contributed by atoms with van der Waals surface area (Å²) in [5.74, 6) is -1.59. The summed E-state index contributed by atoms with van der Waals surface area (Å²) in [5, 5.41) is 17.4. The first-order valence-electron chi connectivity index (χ1n) is 12.3. The van der Waals surface area contributed by atoms with Gasteiger partial charge in [-0.25, -0.2) is 9.59 Å². The molecule has 0 heterocycles. The largest absolute Gasteiger partial charge is 0.478 e. The molecule has 0 aliphatic heterocycles. The van der Waals surface area contributed by atoms with Crippen LogP contribution in [0.5, 0.6) is 0 Å². The van der Waals surface area contributed by atoms with E-state index in [2.05, 4.69) is 27.7 Å². The monoisotopic (exact) mass is 488 g/mol. The maximum absolute atomic E-state index is 10.6. The minimum atomic E-state index is -0.794. The predicted octanol–water partition coefficient (Wildman–Crippen LogP) is 8.31. The molecule has 2 N–H and O–H groups in total. The van der Waals surface area contributed by atoms with Crippen molar-refractivity contribution in [1.29, 1.82) is 0 Å². The van der Waals surface area contributed by atoms with Gasteiger partial charge in [-0.2, -0.15) is 0 Å². The van der Waals surface area contributed by atoms with E-state index >= 15 is 0 Å². The van der Waals surface area contributed by atoms with Crippen LogP contribution in [-0.2, 0) is 29.1 Å². The van der Waals surface area contributed by atoms with E-state index in [1.165, 1.54) is 63.5 Å². The number of rotatable bonds is 18. The van der Waals surface area contributed by atoms with Crippen molar-refractivity contribution in [2.75, 3.05) is 0 Å². The Bertz CT molecular complexity index is 416. The van der Waals surface area contributed by atoms with E-state index in [0.29, 0.717) is 0 Å². The maximum atomic E-state index is 10.6. The van der Waals surface area contributed by atoms with Gasteiger partial charge in [0, 0.05) is 31.6 Å². The number of carboxylic acid groups (broad SMARTS) is 2. The summed E-state index contributed by atoms with van der Waals surface area (Å²) in [7, 11) is 0. The van der Waals surface area contributed by atoms with Crippen molar-refractivity contribution in [3.63, 3.8) is 0 Å². The number of hydrogen-bond acceptors (Lipinski definition) is 2. The molecule has 178 valence electrons. The second-order valence-electron chi connectivity index (χ2n) is 8.11. The quantitative estimate of drug-likeness (QED) is 0.115. The molecule has 0 saturated heterocycles. The van der Waals surface area contributed by atoms with E-state index < -0.39 is 11.9 Å². The Kier molecular flexibility index (Phi) is 30.3. The SMILES string of the molecule is CCCCCC(=CC(=O)O)CCCCC.CCCCCC(=CC(=O)O)CCCCC.[Zn]. The van der Waals surface area contributed by atoms with Crippen LogP contribution in [0.1, 0.15) is 130 Å². The Morgan fingerprint density at radius 2 is 0.742 bits per heavy atom. The van der Waals surface area contributed by atoms with Crippen LogP contribution in [0, 0.1) is 0 Å². The normalized spacial score (nSPS) is 9.68. The molecule has 0 spiro atoms. The van der Waals surface area contributed by atoms with Crippen molar-refractivity contribution < 1.29 is 39.3 Å². The topological polar surface area (TPSA) is 74.6 Å². The molecular weight excluding hydrogens is 442 g/mol. The zero-order valence-corrected chi connectivity index (χ0v) is 23.9. The first-order chi connectivity index (χ1) is 14.4. The molecule has 0 rings (SSSR count). The van der Waals surface area contributed by atoms with Gasteiger partial charge in [-0.1, -0.05) is 90.2 Å². The third kappa shape index (κ3) is 29.0. The van der Waals surface area contributed by atoms with E-state index in [1.807, 2.05) is 0 Å². The van der Waals surface area contributed by atoms with Gasteiger partial charge in [-0.3, -0.25) is 0 Å². The molecule has 0 aliphatic carbocycles. The van der Waals surface area contributed by atoms with Crippen LogP contribution in [0.15, 0.2) is 23.3 Å². The van der Waals surface area contributed by atoms with Crippen LogP contribution >= 0.6 is 0 Å². The molecule has 0 aliphatic rings. The van der Waals surface area contributed by atoms with Gasteiger partial charge in [0.15, 0.2) is 0 Å². The van der Waals surface area contributed by atoms with E-state index in [9.17, 15) is 9.59 Å². The van der Waals surface area contributed by atoms with E-state index in [-0.39, 0.29) is 19.5 Å². The molecule has 5 heteroatoms. The van der Waals surface area contributed by atoms with Crippen molar-refractivity contribution in [3.8, 4) is 0 Å². The van der Waals surface area contributed by atoms with E-state index in [0.717, 1.165) is 62.5 Å². The predicted molar refractivity (Wildman–Crippen MR) is 128 cm³/mol. The Morgan fingerprint density at radius 1 is 0.516 bits per heavy atom. The van der Waals surface area contributed by atoms with Gasteiger partial charge in [0.1, 0.15) is 0 Å². The summed E-state index contributed by atoms with van der Waals surface area (Å²) in [4.78, 5) is 21.2. The second kappa shape index (κ2) is 27.1. The molecule has 0 aromatic heterocycles. The van der Waals surface area contributed by atoms with Gasteiger partial charge >= 0.3 is 11.9 Å². The van der Waals surface area contributed by atoms with Gasteiger partial charge in [0.05, 0.1) is 0 Å². The summed E-state index contributed by atoms with van der Waals surface area (Å²) in [6.45, 7) is 8.66. The van der Waals surface area contributed by atoms with Gasteiger partial charge in [-0.05, 0) is 51.4 Å². The molecule has 0 aromatic rings. The van der Waals surface area contributed by atoms with Gasteiger partial charge in [-0.15, -0.1) is 0 Å². The van der Waals surface area contributed by atoms with Crippen molar-refractivity contribution in [2.45, 2.75) is 130 Å². The standard InChI is InChI=1S/2C13H24O2.Zn/c2*1-3-5-7-9-12(11-13(14)15)10-8-6-4-2;/h2*11H,3-10H2,1-2H3,(H,14,15);. The van der Waals surface area contributed by atoms with Crippen molar-refractivity contribution in [1.82, 2.24) is 0 Å². The van der Waals surface area contributed by atoms with Gasteiger partial charge in [0.25, 0.3) is 0 Å². The summed E-state index contributed by atoms with van der Waals surface area (Å²) >= 11 is 0. The molecule has 31 heavy (non-hydrogen) atoms. The first-order valence-corrected chi connectivity index (χ1v) is 12.3. The zero-order valence-electron chi connectivity index (χ0n) is 20.9. The zero-order chi connectivity index (χ0) is 23.0. The van der Waals surface area contributed by atoms with Crippen LogP contribution in [0.25, 0.3) is 0 Å². The fourth-order valence-corrected chi connectivity index (χ4v) is 3.30. The number of carboxylic acids is 2. The van der Waals surface area contributed by atoms with Gasteiger partial charge < -0.3 is 10.2 Å². The minimum Gasteiger partial charge on any atom is -0.478 e. The summed E-state index contributed by atoms with van der Waals surface area (Å²) in [6.07, 6.45) is 20.7. The van der Waals surface area contributed by atoms with E-state index in [1.54, 1.807) is 0 Å². The fourth-order valence-electron chi connectivity index (χ4n) is 3.30. The summed E-state index contributed by atoms with van der Waals surface area (Å²) in [6, 6.07) is 0. The molecule has 4 nitrogen and oxygen atoms in total. The second-order valence-corrected chi connectivity index (χ2v) is 8.11. The molecule has 0 fully saturated rings.